The minimum atomic E-state index is -0.461. The smallest absolute Gasteiger partial charge is 0.273 e. The summed E-state index contributed by atoms with van der Waals surface area (Å²) in [6.45, 7) is 0. The lowest BCUT2D eigenvalue weighted by molar-refractivity contribution is -0.130. The number of hydrazone groups is 1. The van der Waals surface area contributed by atoms with E-state index in [1.165, 1.54) is 19.2 Å². The fourth-order valence-electron chi connectivity index (χ4n) is 2.68. The van der Waals surface area contributed by atoms with Gasteiger partial charge in [-0.2, -0.15) is 10.4 Å². The molecule has 0 saturated heterocycles. The molecule has 2 amide bonds. The van der Waals surface area contributed by atoms with Crippen LogP contribution in [0.3, 0.4) is 0 Å². The number of halogens is 1. The lowest BCUT2D eigenvalue weighted by Crippen LogP contribution is -2.34. The summed E-state index contributed by atoms with van der Waals surface area (Å²) in [5.74, 6) is -0.648. The monoisotopic (exact) mass is 365 g/mol. The molecule has 0 atom stereocenters. The summed E-state index contributed by atoms with van der Waals surface area (Å²) in [5, 5.41) is 16.7. The molecule has 2 aromatic rings. The molecule has 1 aromatic carbocycles. The number of hydrogen-bond acceptors (Lipinski definition) is 5. The highest BCUT2D eigenvalue weighted by molar-refractivity contribution is 6.43. The first kappa shape index (κ1) is 18.2. The average molecular weight is 365 g/mol. The zero-order valence-corrected chi connectivity index (χ0v) is 14.6. The Bertz CT molecular complexity index is 963. The van der Waals surface area contributed by atoms with Gasteiger partial charge >= 0.3 is 0 Å². The van der Waals surface area contributed by atoms with Crippen molar-refractivity contribution in [2.75, 3.05) is 12.4 Å². The molecule has 1 aliphatic rings. The SMILES string of the molecule is CN1N=C(C(=O)Nc2ccc(Cc3cc(F)cc(C#N)c3)cn2)CCC1=O. The second-order valence-electron chi connectivity index (χ2n) is 6.11. The van der Waals surface area contributed by atoms with E-state index < -0.39 is 11.7 Å². The third-order valence-corrected chi connectivity index (χ3v) is 4.03. The summed E-state index contributed by atoms with van der Waals surface area (Å²) in [7, 11) is 1.51. The number of pyridine rings is 1. The maximum atomic E-state index is 13.5. The van der Waals surface area contributed by atoms with Crippen LogP contribution in [0, 0.1) is 17.1 Å². The van der Waals surface area contributed by atoms with Crippen LogP contribution in [0.2, 0.25) is 0 Å². The first-order valence-corrected chi connectivity index (χ1v) is 8.24. The molecule has 136 valence electrons. The maximum Gasteiger partial charge on any atom is 0.273 e. The van der Waals surface area contributed by atoms with Crippen LogP contribution in [0.25, 0.3) is 0 Å². The standard InChI is InChI=1S/C19H16FN5O2/c1-25-18(26)5-3-16(24-25)19(27)23-17-4-2-12(11-22-17)6-13-7-14(10-21)9-15(20)8-13/h2,4,7-9,11H,3,5-6H2,1H3,(H,22,23,27). The molecular formula is C19H16FN5O2. The maximum absolute atomic E-state index is 13.5. The van der Waals surface area contributed by atoms with Crippen molar-refractivity contribution in [3.63, 3.8) is 0 Å². The summed E-state index contributed by atoms with van der Waals surface area (Å²) in [6.07, 6.45) is 2.51. The van der Waals surface area contributed by atoms with Crippen molar-refractivity contribution in [2.24, 2.45) is 5.10 Å². The van der Waals surface area contributed by atoms with Gasteiger partial charge in [0.2, 0.25) is 5.91 Å². The predicted octanol–water partition coefficient (Wildman–Crippen LogP) is 2.23. The van der Waals surface area contributed by atoms with Gasteiger partial charge in [-0.15, -0.1) is 0 Å². The van der Waals surface area contributed by atoms with Crippen molar-refractivity contribution in [3.05, 3.63) is 59.0 Å². The van der Waals surface area contributed by atoms with Gasteiger partial charge in [0.15, 0.2) is 0 Å². The van der Waals surface area contributed by atoms with Gasteiger partial charge < -0.3 is 5.32 Å². The highest BCUT2D eigenvalue weighted by Crippen LogP contribution is 2.15. The molecule has 2 heterocycles. The number of aromatic nitrogens is 1. The molecule has 7 nitrogen and oxygen atoms in total. The minimum Gasteiger partial charge on any atom is -0.305 e. The third kappa shape index (κ3) is 4.52. The van der Waals surface area contributed by atoms with Crippen molar-refractivity contribution in [1.29, 1.82) is 5.26 Å². The highest BCUT2D eigenvalue weighted by Gasteiger charge is 2.22. The van der Waals surface area contributed by atoms with Crippen molar-refractivity contribution in [3.8, 4) is 6.07 Å². The number of nitrogens with zero attached hydrogens (tertiary/aromatic N) is 4. The fraction of sp³-hybridized carbons (Fsp3) is 0.211. The van der Waals surface area contributed by atoms with Gasteiger partial charge in [-0.25, -0.2) is 14.4 Å². The topological polar surface area (TPSA) is 98.5 Å². The zero-order valence-electron chi connectivity index (χ0n) is 14.6. The van der Waals surface area contributed by atoms with Gasteiger partial charge in [-0.1, -0.05) is 6.07 Å². The summed E-state index contributed by atoms with van der Waals surface area (Å²) in [4.78, 5) is 27.8. The first-order valence-electron chi connectivity index (χ1n) is 8.24. The molecule has 3 rings (SSSR count). The summed E-state index contributed by atoms with van der Waals surface area (Å²) in [5.41, 5.74) is 2.00. The molecule has 27 heavy (non-hydrogen) atoms. The van der Waals surface area contributed by atoms with Gasteiger partial charge in [0.05, 0.1) is 11.6 Å². The molecule has 0 unspecified atom stereocenters. The van der Waals surface area contributed by atoms with E-state index in [2.05, 4.69) is 15.4 Å². The molecule has 1 aromatic heterocycles. The van der Waals surface area contributed by atoms with Crippen molar-refractivity contribution >= 4 is 23.3 Å². The molecule has 1 aliphatic heterocycles. The lowest BCUT2D eigenvalue weighted by atomic mass is 10.0. The van der Waals surface area contributed by atoms with Crippen LogP contribution >= 0.6 is 0 Å². The Hall–Kier alpha value is -3.60. The number of anilines is 1. The normalized spacial score (nSPS) is 13.7. The van der Waals surface area contributed by atoms with E-state index in [9.17, 15) is 14.0 Å². The number of benzene rings is 1. The van der Waals surface area contributed by atoms with Gasteiger partial charge in [-0.3, -0.25) is 9.59 Å². The number of hydrogen-bond donors (Lipinski definition) is 1. The van der Waals surface area contributed by atoms with Crippen LogP contribution in [0.1, 0.15) is 29.5 Å². The Morgan fingerprint density at radius 2 is 2.11 bits per heavy atom. The number of rotatable bonds is 4. The van der Waals surface area contributed by atoms with E-state index in [-0.39, 0.29) is 30.0 Å². The number of carbonyl (C=O) groups is 2. The van der Waals surface area contributed by atoms with Crippen molar-refractivity contribution in [2.45, 2.75) is 19.3 Å². The number of nitrogens with one attached hydrogen (secondary N) is 1. The van der Waals surface area contributed by atoms with Crippen LogP contribution in [-0.4, -0.2) is 34.6 Å². The van der Waals surface area contributed by atoms with Crippen molar-refractivity contribution in [1.82, 2.24) is 9.99 Å². The van der Waals surface area contributed by atoms with Crippen LogP contribution in [0.15, 0.2) is 41.6 Å². The van der Waals surface area contributed by atoms with Crippen LogP contribution < -0.4 is 5.32 Å². The molecule has 0 radical (unpaired) electrons. The lowest BCUT2D eigenvalue weighted by Gasteiger charge is -2.18. The molecule has 0 spiro atoms. The molecule has 1 N–H and O–H groups in total. The number of amides is 2. The van der Waals surface area contributed by atoms with Crippen LogP contribution in [-0.2, 0) is 16.0 Å². The Morgan fingerprint density at radius 3 is 2.78 bits per heavy atom. The van der Waals surface area contributed by atoms with Gasteiger partial charge in [0, 0.05) is 26.1 Å². The molecule has 0 saturated carbocycles. The number of nitriles is 1. The fourth-order valence-corrected chi connectivity index (χ4v) is 2.68. The summed E-state index contributed by atoms with van der Waals surface area (Å²) in [6, 6.07) is 9.49. The van der Waals surface area contributed by atoms with E-state index in [1.807, 2.05) is 6.07 Å². The highest BCUT2D eigenvalue weighted by atomic mass is 19.1. The summed E-state index contributed by atoms with van der Waals surface area (Å²) >= 11 is 0. The molecule has 0 fully saturated rings. The Balaban J connectivity index is 1.66. The average Bonchev–Trinajstić information content (AvgIpc) is 2.65. The quantitative estimate of drug-likeness (QED) is 0.898. The number of carbonyl (C=O) groups excluding carboxylic acids is 2. The van der Waals surface area contributed by atoms with Crippen LogP contribution in [0.5, 0.6) is 0 Å². The first-order chi connectivity index (χ1) is 12.9. The third-order valence-electron chi connectivity index (χ3n) is 4.03. The van der Waals surface area contributed by atoms with E-state index in [4.69, 9.17) is 5.26 Å². The van der Waals surface area contributed by atoms with E-state index >= 15 is 0 Å². The molecular weight excluding hydrogens is 349 g/mol. The van der Waals surface area contributed by atoms with E-state index in [1.54, 1.807) is 24.4 Å². The Labute approximate surface area is 155 Å². The second-order valence-corrected chi connectivity index (χ2v) is 6.11. The Morgan fingerprint density at radius 1 is 1.30 bits per heavy atom. The van der Waals surface area contributed by atoms with Gasteiger partial charge in [0.25, 0.3) is 5.91 Å². The van der Waals surface area contributed by atoms with E-state index in [0.717, 1.165) is 10.6 Å². The minimum absolute atomic E-state index is 0.133. The molecule has 8 heteroatoms. The largest absolute Gasteiger partial charge is 0.305 e. The predicted molar refractivity (Wildman–Crippen MR) is 96.2 cm³/mol. The van der Waals surface area contributed by atoms with Crippen LogP contribution in [0.4, 0.5) is 10.2 Å². The van der Waals surface area contributed by atoms with Gasteiger partial charge in [-0.05, 0) is 41.8 Å². The Kier molecular flexibility index (Phi) is 5.22. The molecule has 0 aliphatic carbocycles. The molecule has 0 bridgehead atoms. The van der Waals surface area contributed by atoms with Crippen molar-refractivity contribution < 1.29 is 14.0 Å². The van der Waals surface area contributed by atoms with E-state index in [0.29, 0.717) is 17.8 Å². The second kappa shape index (κ2) is 7.74. The zero-order chi connectivity index (χ0) is 19.4. The van der Waals surface area contributed by atoms with Gasteiger partial charge in [0.1, 0.15) is 17.3 Å². The summed E-state index contributed by atoms with van der Waals surface area (Å²) < 4.78 is 13.5.